The Bertz CT molecular complexity index is 1970. The molecule has 48 heavy (non-hydrogen) atoms. The van der Waals surface area contributed by atoms with Gasteiger partial charge in [0.2, 0.25) is 0 Å². The Hall–Kier alpha value is -4.04. The van der Waals surface area contributed by atoms with Crippen molar-refractivity contribution in [3.8, 4) is 34.1 Å². The maximum Gasteiger partial charge on any atom is 0.292 e. The summed E-state index contributed by atoms with van der Waals surface area (Å²) in [6, 6.07) is 50.9. The first kappa shape index (κ1) is 31.2. The van der Waals surface area contributed by atoms with Gasteiger partial charge < -0.3 is 18.9 Å². The Balaban J connectivity index is 1.49. The molecule has 6 aromatic carbocycles. The van der Waals surface area contributed by atoms with Crippen LogP contribution in [0.5, 0.6) is 23.0 Å². The van der Waals surface area contributed by atoms with Gasteiger partial charge in [-0.25, -0.2) is 0 Å². The van der Waals surface area contributed by atoms with Crippen LogP contribution in [-0.4, -0.2) is 24.3 Å². The molecule has 4 nitrogen and oxygen atoms in total. The quantitative estimate of drug-likeness (QED) is 0.127. The van der Waals surface area contributed by atoms with Crippen LogP contribution in [0.4, 0.5) is 0 Å². The Morgan fingerprint density at radius 1 is 0.438 bits per heavy atom. The van der Waals surface area contributed by atoms with Gasteiger partial charge in [0.05, 0.1) is 0 Å². The van der Waals surface area contributed by atoms with Crippen LogP contribution in [0.3, 0.4) is 0 Å². The van der Waals surface area contributed by atoms with Crippen molar-refractivity contribution in [1.29, 1.82) is 0 Å². The lowest BCUT2D eigenvalue weighted by Gasteiger charge is -2.34. The maximum absolute atomic E-state index is 6.59. The fraction of sp³-hybridized carbons (Fsp3) is 0.100. The van der Waals surface area contributed by atoms with Crippen molar-refractivity contribution >= 4 is 70.9 Å². The van der Waals surface area contributed by atoms with E-state index in [4.69, 9.17) is 42.1 Å². The zero-order valence-corrected chi connectivity index (χ0v) is 29.1. The van der Waals surface area contributed by atoms with Crippen LogP contribution in [0.15, 0.2) is 146 Å². The smallest absolute Gasteiger partial charge is 0.292 e. The Labute approximate surface area is 292 Å². The standard InChI is InChI=1S/C40H30Cl2O4P2/c41-40(42)27-45-39-33(46-40)22-24-35(48(30-17-9-3-10-18-30)31-19-11-4-12-20-31)37(39)36-34(23-21-32-38(36)44-26-25-43-32)47(28-13-5-1-6-14-28)29-15-7-2-8-16-29/h1-24H,25-27H2. The van der Waals surface area contributed by atoms with Crippen molar-refractivity contribution in [2.75, 3.05) is 19.8 Å². The molecule has 238 valence electrons. The number of benzene rings is 6. The Kier molecular flexibility index (Phi) is 8.76. The minimum Gasteiger partial charge on any atom is -0.486 e. The summed E-state index contributed by atoms with van der Waals surface area (Å²) in [6.07, 6.45) is 0. The van der Waals surface area contributed by atoms with Gasteiger partial charge in [-0.05, 0) is 71.9 Å². The summed E-state index contributed by atoms with van der Waals surface area (Å²) in [4.78, 5) is 0. The average molecular weight is 708 g/mol. The Morgan fingerprint density at radius 2 is 0.833 bits per heavy atom. The highest BCUT2D eigenvalue weighted by Crippen LogP contribution is 2.53. The van der Waals surface area contributed by atoms with Gasteiger partial charge in [-0.1, -0.05) is 145 Å². The lowest BCUT2D eigenvalue weighted by Crippen LogP contribution is -2.35. The van der Waals surface area contributed by atoms with Gasteiger partial charge in [0, 0.05) is 11.1 Å². The summed E-state index contributed by atoms with van der Waals surface area (Å²) in [5, 5.41) is 7.06. The number of fused-ring (bicyclic) bond motifs is 2. The summed E-state index contributed by atoms with van der Waals surface area (Å²) < 4.78 is 24.1. The van der Waals surface area contributed by atoms with E-state index in [1.54, 1.807) is 0 Å². The van der Waals surface area contributed by atoms with E-state index in [0.29, 0.717) is 36.2 Å². The molecule has 2 aliphatic rings. The van der Waals surface area contributed by atoms with Gasteiger partial charge in [0.25, 0.3) is 4.52 Å². The van der Waals surface area contributed by atoms with Crippen LogP contribution in [0, 0.1) is 0 Å². The molecule has 2 heterocycles. The van der Waals surface area contributed by atoms with Crippen molar-refractivity contribution in [3.63, 3.8) is 0 Å². The molecule has 0 aliphatic carbocycles. The van der Waals surface area contributed by atoms with E-state index in [-0.39, 0.29) is 6.61 Å². The molecule has 8 heteroatoms. The van der Waals surface area contributed by atoms with Crippen molar-refractivity contribution in [2.45, 2.75) is 4.52 Å². The van der Waals surface area contributed by atoms with E-state index in [1.165, 1.54) is 21.2 Å². The molecular formula is C40H30Cl2O4P2. The van der Waals surface area contributed by atoms with E-state index in [0.717, 1.165) is 21.7 Å². The third-order valence-corrected chi connectivity index (χ3v) is 13.6. The summed E-state index contributed by atoms with van der Waals surface area (Å²) >= 11 is 13.1. The fourth-order valence-electron chi connectivity index (χ4n) is 6.25. The predicted molar refractivity (Wildman–Crippen MR) is 201 cm³/mol. The van der Waals surface area contributed by atoms with Crippen molar-refractivity contribution in [1.82, 2.24) is 0 Å². The van der Waals surface area contributed by atoms with Crippen LogP contribution < -0.4 is 50.8 Å². The number of hydrogen-bond donors (Lipinski definition) is 0. The van der Waals surface area contributed by atoms with E-state index in [1.807, 2.05) is 12.1 Å². The number of rotatable bonds is 7. The normalized spacial score (nSPS) is 14.6. The van der Waals surface area contributed by atoms with E-state index < -0.39 is 20.4 Å². The molecule has 0 saturated carbocycles. The van der Waals surface area contributed by atoms with Crippen LogP contribution >= 0.6 is 39.0 Å². The molecular weight excluding hydrogens is 677 g/mol. The van der Waals surface area contributed by atoms with Crippen molar-refractivity contribution in [3.05, 3.63) is 146 Å². The average Bonchev–Trinajstić information content (AvgIpc) is 3.13. The third-order valence-electron chi connectivity index (χ3n) is 8.22. The minimum absolute atomic E-state index is 0.0397. The van der Waals surface area contributed by atoms with Gasteiger partial charge in [-0.2, -0.15) is 0 Å². The van der Waals surface area contributed by atoms with Crippen LogP contribution in [-0.2, 0) is 0 Å². The fourth-order valence-corrected chi connectivity index (χ4v) is 11.4. The largest absolute Gasteiger partial charge is 0.486 e. The monoisotopic (exact) mass is 706 g/mol. The summed E-state index contributed by atoms with van der Waals surface area (Å²) in [5.74, 6) is 2.46. The van der Waals surface area contributed by atoms with Gasteiger partial charge in [-0.3, -0.25) is 0 Å². The molecule has 0 saturated heterocycles. The molecule has 0 atom stereocenters. The third kappa shape index (κ3) is 6.04. The summed E-state index contributed by atoms with van der Waals surface area (Å²) in [6.45, 7) is 0.861. The SMILES string of the molecule is ClC1(Cl)COc2c(ccc(P(c3ccccc3)c3ccccc3)c2-c2c(P(c3ccccc3)c3ccccc3)ccc3c2OCCO3)O1. The first-order valence-corrected chi connectivity index (χ1v) is 19.1. The molecule has 0 amide bonds. The number of hydrogen-bond acceptors (Lipinski definition) is 4. The molecule has 0 N–H and O–H groups in total. The minimum atomic E-state index is -1.52. The highest BCUT2D eigenvalue weighted by Gasteiger charge is 2.39. The topological polar surface area (TPSA) is 36.9 Å². The second kappa shape index (κ2) is 13.5. The van der Waals surface area contributed by atoms with Gasteiger partial charge in [-0.15, -0.1) is 0 Å². The highest BCUT2D eigenvalue weighted by molar-refractivity contribution is 7.80. The van der Waals surface area contributed by atoms with Gasteiger partial charge >= 0.3 is 0 Å². The van der Waals surface area contributed by atoms with Crippen molar-refractivity contribution < 1.29 is 18.9 Å². The lowest BCUT2D eigenvalue weighted by molar-refractivity contribution is 0.117. The molecule has 6 aromatic rings. The van der Waals surface area contributed by atoms with Crippen molar-refractivity contribution in [2.24, 2.45) is 0 Å². The van der Waals surface area contributed by atoms with E-state index in [9.17, 15) is 0 Å². The summed E-state index contributed by atoms with van der Waals surface area (Å²) in [5.41, 5.74) is 1.82. The number of halogens is 2. The zero-order chi connectivity index (χ0) is 32.5. The zero-order valence-electron chi connectivity index (χ0n) is 25.8. The van der Waals surface area contributed by atoms with Gasteiger partial charge in [0.1, 0.15) is 13.2 Å². The second-order valence-electron chi connectivity index (χ2n) is 11.3. The lowest BCUT2D eigenvalue weighted by atomic mass is 10.0. The number of ether oxygens (including phenoxy) is 4. The predicted octanol–water partition coefficient (Wildman–Crippen LogP) is 7.54. The second-order valence-corrected chi connectivity index (χ2v) is 17.1. The molecule has 2 aliphatic heterocycles. The van der Waals surface area contributed by atoms with Crippen LogP contribution in [0.1, 0.15) is 0 Å². The molecule has 0 spiro atoms. The van der Waals surface area contributed by atoms with E-state index >= 15 is 0 Å². The highest BCUT2D eigenvalue weighted by atomic mass is 35.5. The van der Waals surface area contributed by atoms with Gasteiger partial charge in [0.15, 0.2) is 29.6 Å². The van der Waals surface area contributed by atoms with E-state index in [2.05, 4.69) is 133 Å². The molecule has 0 unspecified atom stereocenters. The summed E-state index contributed by atoms with van der Waals surface area (Å²) in [7, 11) is -2.13. The van der Waals surface area contributed by atoms with Crippen LogP contribution in [0.2, 0.25) is 0 Å². The first-order chi connectivity index (χ1) is 23.6. The molecule has 8 rings (SSSR count). The molecule has 0 radical (unpaired) electrons. The molecule has 0 fully saturated rings. The molecule has 0 bridgehead atoms. The number of alkyl halides is 2. The maximum atomic E-state index is 6.59. The molecule has 0 aromatic heterocycles. The Morgan fingerprint density at radius 3 is 1.29 bits per heavy atom. The van der Waals surface area contributed by atoms with Crippen LogP contribution in [0.25, 0.3) is 11.1 Å². The first-order valence-electron chi connectivity index (χ1n) is 15.7.